The molecule has 26 heavy (non-hydrogen) atoms. The molecule has 0 radical (unpaired) electrons. The summed E-state index contributed by atoms with van der Waals surface area (Å²) in [5.41, 5.74) is 1.01. The number of nitrogens with one attached hydrogen (secondary N) is 2. The van der Waals surface area contributed by atoms with Gasteiger partial charge in [0.2, 0.25) is 0 Å². The average Bonchev–Trinajstić information content (AvgIpc) is 2.57. The van der Waals surface area contributed by atoms with Crippen LogP contribution >= 0.6 is 38.5 Å². The van der Waals surface area contributed by atoms with Gasteiger partial charge < -0.3 is 10.6 Å². The van der Waals surface area contributed by atoms with Crippen molar-refractivity contribution in [3.8, 4) is 0 Å². The Labute approximate surface area is 175 Å². The van der Waals surface area contributed by atoms with E-state index in [1.54, 1.807) is 0 Å². The second kappa shape index (κ2) is 8.81. The first-order chi connectivity index (χ1) is 12.2. The lowest BCUT2D eigenvalue weighted by molar-refractivity contribution is -0.122. The van der Waals surface area contributed by atoms with Gasteiger partial charge in [-0.05, 0) is 62.8 Å². The van der Waals surface area contributed by atoms with Gasteiger partial charge in [0, 0.05) is 19.5 Å². The zero-order valence-corrected chi connectivity index (χ0v) is 18.5. The van der Waals surface area contributed by atoms with E-state index in [0.717, 1.165) is 8.04 Å². The highest BCUT2D eigenvalue weighted by Crippen LogP contribution is 2.25. The fraction of sp³-hybridized carbons (Fsp3) is 0.200. The number of hydrogen-bond acceptors (Lipinski definition) is 3. The maximum atomic E-state index is 12.8. The van der Waals surface area contributed by atoms with Crippen molar-refractivity contribution < 1.29 is 9.59 Å². The second-order valence-corrected chi connectivity index (χ2v) is 8.73. The van der Waals surface area contributed by atoms with E-state index < -0.39 is 5.41 Å². The molecule has 0 aliphatic heterocycles. The molecule has 0 bridgehead atoms. The van der Waals surface area contributed by atoms with Crippen molar-refractivity contribution in [2.24, 2.45) is 5.41 Å². The molecule has 0 saturated carbocycles. The van der Waals surface area contributed by atoms with Crippen LogP contribution in [0.4, 0.5) is 11.4 Å². The van der Waals surface area contributed by atoms with Crippen LogP contribution in [0, 0.1) is 8.99 Å². The summed E-state index contributed by atoms with van der Waals surface area (Å²) in [6, 6.07) is 14.9. The average molecular weight is 527 g/mol. The number of ketones is 1. The Morgan fingerprint density at radius 1 is 0.962 bits per heavy atom. The molecule has 0 aliphatic carbocycles. The third-order valence-electron chi connectivity index (χ3n) is 3.52. The van der Waals surface area contributed by atoms with E-state index in [1.165, 1.54) is 6.08 Å². The van der Waals surface area contributed by atoms with E-state index in [1.807, 2.05) is 69.3 Å². The zero-order chi connectivity index (χ0) is 19.3. The molecule has 4 nitrogen and oxygen atoms in total. The van der Waals surface area contributed by atoms with Gasteiger partial charge in [0.1, 0.15) is 5.70 Å². The first-order valence-corrected chi connectivity index (χ1v) is 9.89. The molecule has 0 unspecified atom stereocenters. The van der Waals surface area contributed by atoms with Crippen molar-refractivity contribution >= 4 is 61.6 Å². The number of allylic oxidation sites excluding steroid dienone is 1. The minimum atomic E-state index is -0.581. The van der Waals surface area contributed by atoms with E-state index in [0.29, 0.717) is 11.4 Å². The van der Waals surface area contributed by atoms with Gasteiger partial charge in [-0.1, -0.05) is 45.0 Å². The van der Waals surface area contributed by atoms with E-state index in [9.17, 15) is 9.59 Å². The molecule has 136 valence electrons. The van der Waals surface area contributed by atoms with E-state index >= 15 is 0 Å². The standard InChI is InChI=1S/C20H20BrIN2O2/c1-20(2,3)18(25)12-17(23-15-10-6-4-8-13(15)21)19(26)24-16-11-7-5-9-14(16)22/h4-12,23H,1-3H3,(H,24,26). The molecule has 0 fully saturated rings. The number of amides is 1. The fourth-order valence-corrected chi connectivity index (χ4v) is 2.87. The Kier molecular flexibility index (Phi) is 7.00. The van der Waals surface area contributed by atoms with Crippen LogP contribution in [0.25, 0.3) is 0 Å². The molecule has 0 spiro atoms. The number of carbonyl (C=O) groups is 2. The summed E-state index contributed by atoms with van der Waals surface area (Å²) < 4.78 is 1.72. The topological polar surface area (TPSA) is 58.2 Å². The van der Waals surface area contributed by atoms with E-state index in [-0.39, 0.29) is 17.4 Å². The summed E-state index contributed by atoms with van der Waals surface area (Å²) in [5.74, 6) is -0.507. The Bertz CT molecular complexity index is 857. The van der Waals surface area contributed by atoms with Crippen LogP contribution < -0.4 is 10.6 Å². The molecule has 2 aromatic rings. The van der Waals surface area contributed by atoms with Gasteiger partial charge >= 0.3 is 0 Å². The van der Waals surface area contributed by atoms with Crippen molar-refractivity contribution in [2.75, 3.05) is 10.6 Å². The Hall–Kier alpha value is -1.67. The van der Waals surface area contributed by atoms with Gasteiger partial charge in [-0.15, -0.1) is 0 Å². The molecule has 1 amide bonds. The molecular weight excluding hydrogens is 507 g/mol. The van der Waals surface area contributed by atoms with Gasteiger partial charge in [-0.2, -0.15) is 0 Å². The van der Waals surface area contributed by atoms with Crippen molar-refractivity contribution in [3.05, 3.63) is 68.3 Å². The second-order valence-electron chi connectivity index (χ2n) is 6.71. The van der Waals surface area contributed by atoms with Crippen LogP contribution in [-0.2, 0) is 9.59 Å². The highest BCUT2D eigenvalue weighted by Gasteiger charge is 2.22. The van der Waals surface area contributed by atoms with Crippen LogP contribution in [0.15, 0.2) is 64.8 Å². The maximum Gasteiger partial charge on any atom is 0.272 e. The third kappa shape index (κ3) is 5.67. The smallest absolute Gasteiger partial charge is 0.272 e. The molecule has 0 aromatic heterocycles. The lowest BCUT2D eigenvalue weighted by Gasteiger charge is -2.17. The van der Waals surface area contributed by atoms with Crippen LogP contribution in [0.5, 0.6) is 0 Å². The highest BCUT2D eigenvalue weighted by atomic mass is 127. The molecule has 6 heteroatoms. The van der Waals surface area contributed by atoms with Gasteiger partial charge in [0.05, 0.1) is 11.4 Å². The Morgan fingerprint density at radius 2 is 1.54 bits per heavy atom. The predicted octanol–water partition coefficient (Wildman–Crippen LogP) is 5.60. The molecule has 2 rings (SSSR count). The summed E-state index contributed by atoms with van der Waals surface area (Å²) in [7, 11) is 0. The normalized spacial score (nSPS) is 11.8. The summed E-state index contributed by atoms with van der Waals surface area (Å²) in [6.07, 6.45) is 1.37. The largest absolute Gasteiger partial charge is 0.350 e. The monoisotopic (exact) mass is 526 g/mol. The Morgan fingerprint density at radius 3 is 2.12 bits per heavy atom. The van der Waals surface area contributed by atoms with Crippen molar-refractivity contribution in [2.45, 2.75) is 20.8 Å². The van der Waals surface area contributed by atoms with Crippen LogP contribution in [-0.4, -0.2) is 11.7 Å². The number of halogens is 2. The van der Waals surface area contributed by atoms with Gasteiger partial charge in [-0.25, -0.2) is 0 Å². The van der Waals surface area contributed by atoms with Crippen molar-refractivity contribution in [3.63, 3.8) is 0 Å². The van der Waals surface area contributed by atoms with Crippen LogP contribution in [0.1, 0.15) is 20.8 Å². The van der Waals surface area contributed by atoms with Gasteiger partial charge in [-0.3, -0.25) is 9.59 Å². The van der Waals surface area contributed by atoms with E-state index in [2.05, 4.69) is 49.2 Å². The van der Waals surface area contributed by atoms with Crippen LogP contribution in [0.3, 0.4) is 0 Å². The SMILES string of the molecule is CC(C)(C)C(=O)C=C(Nc1ccccc1Br)C(=O)Nc1ccccc1I. The van der Waals surface area contributed by atoms with Crippen LogP contribution in [0.2, 0.25) is 0 Å². The molecule has 0 atom stereocenters. The predicted molar refractivity (Wildman–Crippen MR) is 118 cm³/mol. The molecule has 2 aromatic carbocycles. The fourth-order valence-electron chi connectivity index (χ4n) is 1.97. The third-order valence-corrected chi connectivity index (χ3v) is 5.16. The number of hydrogen-bond donors (Lipinski definition) is 2. The van der Waals surface area contributed by atoms with Gasteiger partial charge in [0.25, 0.3) is 5.91 Å². The summed E-state index contributed by atoms with van der Waals surface area (Å²) in [4.78, 5) is 25.3. The lowest BCUT2D eigenvalue weighted by Crippen LogP contribution is -2.25. The highest BCUT2D eigenvalue weighted by molar-refractivity contribution is 14.1. The minimum Gasteiger partial charge on any atom is -0.350 e. The lowest BCUT2D eigenvalue weighted by atomic mass is 9.90. The van der Waals surface area contributed by atoms with Crippen molar-refractivity contribution in [1.29, 1.82) is 0 Å². The maximum absolute atomic E-state index is 12.8. The quantitative estimate of drug-likeness (QED) is 0.393. The Balaban J connectivity index is 2.35. The molecule has 0 aliphatic rings. The first-order valence-electron chi connectivity index (χ1n) is 8.02. The first kappa shape index (κ1) is 20.6. The summed E-state index contributed by atoms with van der Waals surface area (Å²) in [6.45, 7) is 5.46. The molecule has 0 heterocycles. The zero-order valence-electron chi connectivity index (χ0n) is 14.8. The number of para-hydroxylation sites is 2. The summed E-state index contributed by atoms with van der Waals surface area (Å²) >= 11 is 5.61. The molecule has 0 saturated heterocycles. The number of anilines is 2. The molecule has 2 N–H and O–H groups in total. The molecular formula is C20H20BrIN2O2. The van der Waals surface area contributed by atoms with Gasteiger partial charge in [0.15, 0.2) is 5.78 Å². The number of rotatable bonds is 5. The van der Waals surface area contributed by atoms with E-state index in [4.69, 9.17) is 0 Å². The van der Waals surface area contributed by atoms with Crippen molar-refractivity contribution in [1.82, 2.24) is 0 Å². The summed E-state index contributed by atoms with van der Waals surface area (Å²) in [5, 5.41) is 5.93. The number of carbonyl (C=O) groups excluding carboxylic acids is 2. The number of benzene rings is 2. The minimum absolute atomic E-state index is 0.134.